The minimum atomic E-state index is -1.30. The smallest absolute Gasteiger partial charge is 0.326 e. The highest BCUT2D eigenvalue weighted by atomic mass is 35.5. The molecule has 232 valence electrons. The summed E-state index contributed by atoms with van der Waals surface area (Å²) < 4.78 is 5.38. The molecule has 12 heteroatoms. The topological polar surface area (TPSA) is 146 Å². The molecule has 0 saturated heterocycles. The summed E-state index contributed by atoms with van der Waals surface area (Å²) >= 11 is 12.2. The van der Waals surface area contributed by atoms with Gasteiger partial charge in [0.2, 0.25) is 0 Å². The molecule has 0 spiro atoms. The molecule has 0 aromatic heterocycles. The number of aliphatic carboxylic acids is 1. The molecule has 0 radical (unpaired) electrons. The molecule has 1 aliphatic rings. The zero-order valence-corrected chi connectivity index (χ0v) is 25.6. The van der Waals surface area contributed by atoms with Crippen LogP contribution in [0.2, 0.25) is 10.0 Å². The van der Waals surface area contributed by atoms with Crippen LogP contribution in [0.25, 0.3) is 0 Å². The highest BCUT2D eigenvalue weighted by Gasteiger charge is 2.24. The fraction of sp³-hybridized carbons (Fsp3) is 0.312. The Morgan fingerprint density at radius 3 is 2.18 bits per heavy atom. The fourth-order valence-corrected chi connectivity index (χ4v) is 5.69. The number of urea groups is 1. The molecule has 1 fully saturated rings. The molecule has 1 aliphatic carbocycles. The summed E-state index contributed by atoms with van der Waals surface area (Å²) in [6, 6.07) is 13.9. The quantitative estimate of drug-likeness (QED) is 0.164. The number of methoxy groups -OCH3 is 1. The van der Waals surface area contributed by atoms with Crippen molar-refractivity contribution in [2.45, 2.75) is 44.6 Å². The first-order valence-corrected chi connectivity index (χ1v) is 15.0. The van der Waals surface area contributed by atoms with Gasteiger partial charge in [-0.3, -0.25) is 9.59 Å². The van der Waals surface area contributed by atoms with Gasteiger partial charge in [-0.1, -0.05) is 66.7 Å². The van der Waals surface area contributed by atoms with Crippen molar-refractivity contribution in [3.63, 3.8) is 0 Å². The highest BCUT2D eigenvalue weighted by Crippen LogP contribution is 2.29. The van der Waals surface area contributed by atoms with Crippen LogP contribution in [-0.2, 0) is 11.2 Å². The third kappa shape index (κ3) is 8.64. The first-order valence-electron chi connectivity index (χ1n) is 14.3. The van der Waals surface area contributed by atoms with Gasteiger partial charge in [0.25, 0.3) is 11.8 Å². The Balaban J connectivity index is 1.39. The highest BCUT2D eigenvalue weighted by molar-refractivity contribution is 6.40. The van der Waals surface area contributed by atoms with E-state index in [1.807, 2.05) is 0 Å². The Hall–Kier alpha value is -4.28. The number of carbonyl (C=O) groups is 4. The summed E-state index contributed by atoms with van der Waals surface area (Å²) in [6.45, 7) is 0.541. The van der Waals surface area contributed by atoms with Crippen molar-refractivity contribution < 1.29 is 29.0 Å². The van der Waals surface area contributed by atoms with E-state index in [0.29, 0.717) is 23.7 Å². The maximum absolute atomic E-state index is 13.1. The summed E-state index contributed by atoms with van der Waals surface area (Å²) in [6.07, 6.45) is 5.60. The van der Waals surface area contributed by atoms with Gasteiger partial charge in [0, 0.05) is 18.7 Å². The van der Waals surface area contributed by atoms with Crippen LogP contribution in [0.15, 0.2) is 60.7 Å². The molecule has 1 atom stereocenters. The molecule has 4 rings (SSSR count). The lowest BCUT2D eigenvalue weighted by molar-refractivity contribution is -0.139. The first kappa shape index (κ1) is 32.6. The second-order valence-corrected chi connectivity index (χ2v) is 11.4. The van der Waals surface area contributed by atoms with Crippen LogP contribution in [0.1, 0.15) is 58.4 Å². The van der Waals surface area contributed by atoms with E-state index in [1.54, 1.807) is 60.7 Å². The van der Waals surface area contributed by atoms with Crippen molar-refractivity contribution >= 4 is 58.4 Å². The maximum atomic E-state index is 13.1. The lowest BCUT2D eigenvalue weighted by Crippen LogP contribution is -2.44. The molecule has 0 bridgehead atoms. The Labute approximate surface area is 265 Å². The molecule has 4 amide bonds. The second kappa shape index (κ2) is 15.4. The van der Waals surface area contributed by atoms with E-state index in [-0.39, 0.29) is 44.9 Å². The van der Waals surface area contributed by atoms with Gasteiger partial charge < -0.3 is 31.1 Å². The van der Waals surface area contributed by atoms with E-state index in [1.165, 1.54) is 13.5 Å². The van der Waals surface area contributed by atoms with Gasteiger partial charge in [0.1, 0.15) is 11.8 Å². The number of carboxylic acids is 1. The predicted octanol–water partition coefficient (Wildman–Crippen LogP) is 6.38. The summed E-state index contributed by atoms with van der Waals surface area (Å²) in [5, 5.41) is 21.0. The molecular weight excluding hydrogens is 607 g/mol. The second-order valence-electron chi connectivity index (χ2n) is 10.5. The minimum Gasteiger partial charge on any atom is -0.495 e. The Morgan fingerprint density at radius 1 is 0.886 bits per heavy atom. The van der Waals surface area contributed by atoms with Gasteiger partial charge >= 0.3 is 12.0 Å². The van der Waals surface area contributed by atoms with E-state index in [2.05, 4.69) is 21.3 Å². The van der Waals surface area contributed by atoms with Crippen molar-refractivity contribution in [1.29, 1.82) is 0 Å². The molecule has 1 saturated carbocycles. The van der Waals surface area contributed by atoms with Gasteiger partial charge in [-0.2, -0.15) is 0 Å². The van der Waals surface area contributed by atoms with Crippen molar-refractivity contribution in [3.8, 4) is 5.75 Å². The van der Waals surface area contributed by atoms with E-state index in [9.17, 15) is 24.3 Å². The normalized spacial score (nSPS) is 13.8. The number of carboxylic acid groups (broad SMARTS) is 1. The van der Waals surface area contributed by atoms with Gasteiger partial charge in [-0.25, -0.2) is 9.59 Å². The molecule has 44 heavy (non-hydrogen) atoms. The average Bonchev–Trinajstić information content (AvgIpc) is 3.01. The van der Waals surface area contributed by atoms with E-state index < -0.39 is 23.9 Å². The molecule has 10 nitrogen and oxygen atoms in total. The monoisotopic (exact) mass is 640 g/mol. The lowest BCUT2D eigenvalue weighted by atomic mass is 9.89. The van der Waals surface area contributed by atoms with Gasteiger partial charge in [0.05, 0.1) is 34.0 Å². The van der Waals surface area contributed by atoms with Crippen LogP contribution < -0.4 is 26.0 Å². The number of halogens is 2. The van der Waals surface area contributed by atoms with Crippen LogP contribution >= 0.6 is 23.2 Å². The number of anilines is 2. The van der Waals surface area contributed by atoms with E-state index in [4.69, 9.17) is 27.9 Å². The minimum absolute atomic E-state index is 0.0476. The van der Waals surface area contributed by atoms with Gasteiger partial charge in [-0.15, -0.1) is 0 Å². The number of hydrogen-bond donors (Lipinski definition) is 5. The number of para-hydroxylation sites is 1. The Kier molecular flexibility index (Phi) is 11.5. The summed E-state index contributed by atoms with van der Waals surface area (Å²) in [5.41, 5.74) is 1.51. The van der Waals surface area contributed by atoms with Crippen molar-refractivity contribution in [2.24, 2.45) is 5.92 Å². The summed E-state index contributed by atoms with van der Waals surface area (Å²) in [5.74, 6) is -1.43. The maximum Gasteiger partial charge on any atom is 0.326 e. The number of rotatable bonds is 11. The number of benzene rings is 3. The summed E-state index contributed by atoms with van der Waals surface area (Å²) in [4.78, 5) is 50.8. The van der Waals surface area contributed by atoms with Gasteiger partial charge in [-0.05, 0) is 60.7 Å². The molecule has 3 aromatic carbocycles. The molecule has 3 aromatic rings. The zero-order valence-electron chi connectivity index (χ0n) is 24.1. The number of ether oxygens (including phenoxy) is 1. The molecule has 0 aliphatic heterocycles. The van der Waals surface area contributed by atoms with Crippen LogP contribution in [0.5, 0.6) is 5.75 Å². The lowest BCUT2D eigenvalue weighted by Gasteiger charge is -2.22. The SMILES string of the molecule is COc1cccc(C(=O)NCC2CCCCC2)c1NC(=O)N[C@@H](Cc1ccc(NC(=O)c2c(Cl)cccc2Cl)cc1)C(=O)O. The number of carbonyl (C=O) groups excluding carboxylic acids is 3. The van der Waals surface area contributed by atoms with Crippen LogP contribution in [-0.4, -0.2) is 48.6 Å². The molecule has 0 heterocycles. The fourth-order valence-electron chi connectivity index (χ4n) is 5.12. The zero-order chi connectivity index (χ0) is 31.6. The van der Waals surface area contributed by atoms with Gasteiger partial charge in [0.15, 0.2) is 0 Å². The summed E-state index contributed by atoms with van der Waals surface area (Å²) in [7, 11) is 1.41. The number of amides is 4. The predicted molar refractivity (Wildman–Crippen MR) is 170 cm³/mol. The molecule has 5 N–H and O–H groups in total. The largest absolute Gasteiger partial charge is 0.495 e. The third-order valence-corrected chi connectivity index (χ3v) is 8.08. The van der Waals surface area contributed by atoms with Crippen molar-refractivity contribution in [3.05, 3.63) is 87.4 Å². The Bertz CT molecular complexity index is 1490. The first-order chi connectivity index (χ1) is 21.2. The third-order valence-electron chi connectivity index (χ3n) is 7.45. The molecule has 0 unspecified atom stereocenters. The van der Waals surface area contributed by atoms with E-state index >= 15 is 0 Å². The Morgan fingerprint density at radius 2 is 1.55 bits per heavy atom. The van der Waals surface area contributed by atoms with Crippen LogP contribution in [0.3, 0.4) is 0 Å². The van der Waals surface area contributed by atoms with Crippen molar-refractivity contribution in [1.82, 2.24) is 10.6 Å². The number of nitrogens with one attached hydrogen (secondary N) is 4. The van der Waals surface area contributed by atoms with Crippen molar-refractivity contribution in [2.75, 3.05) is 24.3 Å². The molecular formula is C32H34Cl2N4O6. The standard InChI is InChI=1S/C32H34Cl2N4O6/c1-44-26-12-5-9-22(29(39)35-18-20-7-3-2-4-8-20)28(26)38-32(43)37-25(31(41)42)17-19-13-15-21(16-14-19)36-30(40)27-23(33)10-6-11-24(27)34/h5-6,9-16,20,25H,2-4,7-8,17-18H2,1H3,(H,35,39)(H,36,40)(H,41,42)(H2,37,38,43)/t25-/m0/s1. The van der Waals surface area contributed by atoms with Crippen LogP contribution in [0.4, 0.5) is 16.2 Å². The van der Waals surface area contributed by atoms with Crippen LogP contribution in [0, 0.1) is 5.92 Å². The van der Waals surface area contributed by atoms with E-state index in [0.717, 1.165) is 25.7 Å². The number of hydrogen-bond acceptors (Lipinski definition) is 5. The average molecular weight is 642 g/mol.